The Morgan fingerprint density at radius 3 is 2.44 bits per heavy atom. The lowest BCUT2D eigenvalue weighted by Gasteiger charge is -2.19. The van der Waals surface area contributed by atoms with Gasteiger partial charge in [-0.15, -0.1) is 0 Å². The summed E-state index contributed by atoms with van der Waals surface area (Å²) in [6.07, 6.45) is 4.35. The number of rotatable bonds is 7. The lowest BCUT2D eigenvalue weighted by Crippen LogP contribution is -2.19. The third kappa shape index (κ3) is 4.29. The minimum absolute atomic E-state index is 0.118. The number of nitrogens with one attached hydrogen (secondary N) is 1. The number of non-ortho nitro benzene ring substituents is 1. The highest BCUT2D eigenvalue weighted by atomic mass is 79.9. The van der Waals surface area contributed by atoms with Gasteiger partial charge in [-0.3, -0.25) is 10.1 Å². The summed E-state index contributed by atoms with van der Waals surface area (Å²) in [6.45, 7) is 4.29. The molecule has 0 atom stereocenters. The van der Waals surface area contributed by atoms with Gasteiger partial charge in [-0.05, 0) is 34.8 Å². The molecule has 0 amide bonds. The van der Waals surface area contributed by atoms with Crippen molar-refractivity contribution in [2.24, 2.45) is 0 Å². The number of benzene rings is 1. The molecule has 0 unspecified atom stereocenters. The predicted octanol–water partition coefficient (Wildman–Crippen LogP) is 4.74. The number of hydrogen-bond acceptors (Lipinski definition) is 3. The van der Waals surface area contributed by atoms with E-state index in [-0.39, 0.29) is 10.6 Å². The first-order valence-electron chi connectivity index (χ1n) is 6.29. The van der Waals surface area contributed by atoms with Crippen LogP contribution in [0.5, 0.6) is 0 Å². The summed E-state index contributed by atoms with van der Waals surface area (Å²) in [4.78, 5) is 10.4. The molecule has 0 fully saturated rings. The van der Waals surface area contributed by atoms with Gasteiger partial charge in [0.25, 0.3) is 5.69 Å². The highest BCUT2D eigenvalue weighted by Gasteiger charge is 2.12. The minimum Gasteiger partial charge on any atom is -0.381 e. The second-order valence-electron chi connectivity index (χ2n) is 4.34. The Balaban J connectivity index is 2.86. The third-order valence-electron chi connectivity index (χ3n) is 2.79. The van der Waals surface area contributed by atoms with Crippen LogP contribution in [0.2, 0.25) is 0 Å². The van der Waals surface area contributed by atoms with Gasteiger partial charge in [0.05, 0.1) is 10.6 Å². The topological polar surface area (TPSA) is 55.2 Å². The molecule has 0 aliphatic heterocycles. The SMILES string of the molecule is CCCC(CCC)Nc1cc([N+](=O)[O-])ccc1Br. The Hall–Kier alpha value is -1.10. The van der Waals surface area contributed by atoms with Crippen molar-refractivity contribution in [1.82, 2.24) is 0 Å². The van der Waals surface area contributed by atoms with E-state index in [1.807, 2.05) is 0 Å². The molecule has 0 saturated carbocycles. The van der Waals surface area contributed by atoms with E-state index in [0.717, 1.165) is 35.8 Å². The highest BCUT2D eigenvalue weighted by Crippen LogP contribution is 2.28. The van der Waals surface area contributed by atoms with E-state index in [9.17, 15) is 10.1 Å². The Kier molecular flexibility index (Phi) is 6.12. The van der Waals surface area contributed by atoms with Crippen molar-refractivity contribution in [1.29, 1.82) is 0 Å². The number of hydrogen-bond donors (Lipinski definition) is 1. The molecule has 0 aliphatic rings. The molecule has 1 aromatic rings. The quantitative estimate of drug-likeness (QED) is 0.584. The molecule has 5 heteroatoms. The highest BCUT2D eigenvalue weighted by molar-refractivity contribution is 9.10. The fourth-order valence-electron chi connectivity index (χ4n) is 1.94. The molecule has 18 heavy (non-hydrogen) atoms. The molecule has 1 N–H and O–H groups in total. The molecule has 4 nitrogen and oxygen atoms in total. The smallest absolute Gasteiger partial charge is 0.271 e. The molecular weight excluding hydrogens is 296 g/mol. The van der Waals surface area contributed by atoms with Gasteiger partial charge < -0.3 is 5.32 Å². The van der Waals surface area contributed by atoms with Gasteiger partial charge in [0.15, 0.2) is 0 Å². The van der Waals surface area contributed by atoms with Crippen molar-refractivity contribution in [3.05, 3.63) is 32.8 Å². The summed E-state index contributed by atoms with van der Waals surface area (Å²) in [5.41, 5.74) is 0.920. The third-order valence-corrected chi connectivity index (χ3v) is 3.49. The second kappa shape index (κ2) is 7.36. The summed E-state index contributed by atoms with van der Waals surface area (Å²) in [5, 5.41) is 14.2. The molecule has 100 valence electrons. The summed E-state index contributed by atoms with van der Waals surface area (Å²) < 4.78 is 0.866. The first-order chi connectivity index (χ1) is 8.58. The van der Waals surface area contributed by atoms with E-state index in [1.54, 1.807) is 12.1 Å². The Labute approximate surface area is 116 Å². The van der Waals surface area contributed by atoms with Gasteiger partial charge in [-0.25, -0.2) is 0 Å². The van der Waals surface area contributed by atoms with Crippen LogP contribution in [0.1, 0.15) is 39.5 Å². The van der Waals surface area contributed by atoms with Crippen LogP contribution in [0.25, 0.3) is 0 Å². The average Bonchev–Trinajstić information content (AvgIpc) is 2.32. The molecule has 0 aromatic heterocycles. The van der Waals surface area contributed by atoms with E-state index in [0.29, 0.717) is 6.04 Å². The van der Waals surface area contributed by atoms with Crippen LogP contribution in [0.3, 0.4) is 0 Å². The largest absolute Gasteiger partial charge is 0.381 e. The fraction of sp³-hybridized carbons (Fsp3) is 0.538. The minimum atomic E-state index is -0.369. The summed E-state index contributed by atoms with van der Waals surface area (Å²) in [5.74, 6) is 0. The van der Waals surface area contributed by atoms with Crippen molar-refractivity contribution in [2.75, 3.05) is 5.32 Å². The van der Waals surface area contributed by atoms with Crippen molar-refractivity contribution in [3.63, 3.8) is 0 Å². The van der Waals surface area contributed by atoms with Crippen LogP contribution in [0.4, 0.5) is 11.4 Å². The molecule has 0 saturated heterocycles. The van der Waals surface area contributed by atoms with Crippen molar-refractivity contribution < 1.29 is 4.92 Å². The molecule has 0 spiro atoms. The molecule has 0 bridgehead atoms. The van der Waals surface area contributed by atoms with Crippen molar-refractivity contribution in [3.8, 4) is 0 Å². The average molecular weight is 315 g/mol. The van der Waals surface area contributed by atoms with Gasteiger partial charge >= 0.3 is 0 Å². The summed E-state index contributed by atoms with van der Waals surface area (Å²) in [7, 11) is 0. The molecule has 0 aliphatic carbocycles. The first kappa shape index (κ1) is 15.0. The van der Waals surface area contributed by atoms with E-state index in [1.165, 1.54) is 6.07 Å². The maximum atomic E-state index is 10.8. The number of halogens is 1. The number of nitro benzene ring substituents is 1. The lowest BCUT2D eigenvalue weighted by molar-refractivity contribution is -0.384. The first-order valence-corrected chi connectivity index (χ1v) is 7.08. The van der Waals surface area contributed by atoms with E-state index >= 15 is 0 Å². The van der Waals surface area contributed by atoms with Crippen LogP contribution >= 0.6 is 15.9 Å². The van der Waals surface area contributed by atoms with Crippen molar-refractivity contribution in [2.45, 2.75) is 45.6 Å². The molecule has 1 aromatic carbocycles. The molecular formula is C13H19BrN2O2. The monoisotopic (exact) mass is 314 g/mol. The van der Waals surface area contributed by atoms with Crippen LogP contribution in [0.15, 0.2) is 22.7 Å². The van der Waals surface area contributed by atoms with Gasteiger partial charge in [-0.2, -0.15) is 0 Å². The van der Waals surface area contributed by atoms with E-state index in [4.69, 9.17) is 0 Å². The van der Waals surface area contributed by atoms with Crippen LogP contribution in [-0.4, -0.2) is 11.0 Å². The number of anilines is 1. The maximum Gasteiger partial charge on any atom is 0.271 e. The number of nitrogens with zero attached hydrogens (tertiary/aromatic N) is 1. The standard InChI is InChI=1S/C13H19BrN2O2/c1-3-5-10(6-4-2)15-13-9-11(16(17)18)7-8-12(13)14/h7-10,15H,3-6H2,1-2H3. The van der Waals surface area contributed by atoms with Crippen molar-refractivity contribution >= 4 is 27.3 Å². The van der Waals surface area contributed by atoms with Gasteiger partial charge in [0.1, 0.15) is 0 Å². The van der Waals surface area contributed by atoms with E-state index in [2.05, 4.69) is 35.1 Å². The lowest BCUT2D eigenvalue weighted by atomic mass is 10.1. The van der Waals surface area contributed by atoms with Crippen LogP contribution in [0, 0.1) is 10.1 Å². The molecule has 0 heterocycles. The Bertz CT molecular complexity index is 404. The van der Waals surface area contributed by atoms with Gasteiger partial charge in [0, 0.05) is 22.6 Å². The summed E-state index contributed by atoms with van der Waals surface area (Å²) >= 11 is 3.43. The fourth-order valence-corrected chi connectivity index (χ4v) is 2.30. The van der Waals surface area contributed by atoms with Gasteiger partial charge in [-0.1, -0.05) is 26.7 Å². The zero-order chi connectivity index (χ0) is 13.5. The Morgan fingerprint density at radius 1 is 1.33 bits per heavy atom. The normalized spacial score (nSPS) is 10.7. The van der Waals surface area contributed by atoms with Gasteiger partial charge in [0.2, 0.25) is 0 Å². The number of nitro groups is 1. The zero-order valence-corrected chi connectivity index (χ0v) is 12.4. The molecule has 0 radical (unpaired) electrons. The second-order valence-corrected chi connectivity index (χ2v) is 5.19. The van der Waals surface area contributed by atoms with Crippen LogP contribution < -0.4 is 5.32 Å². The maximum absolute atomic E-state index is 10.8. The van der Waals surface area contributed by atoms with Crippen LogP contribution in [-0.2, 0) is 0 Å². The predicted molar refractivity (Wildman–Crippen MR) is 78.0 cm³/mol. The summed E-state index contributed by atoms with van der Waals surface area (Å²) in [6, 6.07) is 5.18. The van der Waals surface area contributed by atoms with E-state index < -0.39 is 0 Å². The molecule has 1 rings (SSSR count). The Morgan fingerprint density at radius 2 is 1.94 bits per heavy atom. The zero-order valence-electron chi connectivity index (χ0n) is 10.8.